The lowest BCUT2D eigenvalue weighted by atomic mass is 9.87. The van der Waals surface area contributed by atoms with Gasteiger partial charge in [0.25, 0.3) is 0 Å². The molecule has 0 atom stereocenters. The minimum absolute atomic E-state index is 0.127. The molecule has 2 saturated heterocycles. The lowest BCUT2D eigenvalue weighted by molar-refractivity contribution is -0.144. The minimum atomic E-state index is 0.127. The summed E-state index contributed by atoms with van der Waals surface area (Å²) in [6.07, 6.45) is 7.22. The fourth-order valence-corrected chi connectivity index (χ4v) is 6.92. The van der Waals surface area contributed by atoms with Gasteiger partial charge in [0.15, 0.2) is 17.2 Å². The first-order valence-corrected chi connectivity index (χ1v) is 16.1. The van der Waals surface area contributed by atoms with E-state index < -0.39 is 0 Å². The van der Waals surface area contributed by atoms with Gasteiger partial charge >= 0.3 is 0 Å². The van der Waals surface area contributed by atoms with Crippen molar-refractivity contribution >= 4 is 57.9 Å². The van der Waals surface area contributed by atoms with Crippen molar-refractivity contribution in [3.63, 3.8) is 0 Å². The number of fused-ring (bicyclic) bond motifs is 1. The average molecular weight is 635 g/mol. The first-order chi connectivity index (χ1) is 21.4. The molecule has 4 heterocycles. The number of amides is 1. The van der Waals surface area contributed by atoms with Crippen LogP contribution >= 0.6 is 23.2 Å². The van der Waals surface area contributed by atoms with Crippen molar-refractivity contribution in [2.24, 2.45) is 5.92 Å². The summed E-state index contributed by atoms with van der Waals surface area (Å²) in [6.45, 7) is 4.74. The Bertz CT molecular complexity index is 1650. The smallest absolute Gasteiger partial charge is 0.247 e. The SMILES string of the molecule is N#Cc1cc(Nc2nc(NC3CC3)c3ncc(C#N)n3n2)c(Cl)c(N2CCN(C3CN(C(=O)C4CCC(Cl)CC4)C3)CC2)c1. The van der Waals surface area contributed by atoms with Gasteiger partial charge in [0.2, 0.25) is 11.9 Å². The van der Waals surface area contributed by atoms with E-state index in [9.17, 15) is 15.3 Å². The summed E-state index contributed by atoms with van der Waals surface area (Å²) in [5.74, 6) is 1.19. The third-order valence-electron chi connectivity index (χ3n) is 9.18. The predicted molar refractivity (Wildman–Crippen MR) is 167 cm³/mol. The maximum atomic E-state index is 12.9. The van der Waals surface area contributed by atoms with E-state index in [1.165, 1.54) is 10.7 Å². The number of nitriles is 2. The standard InChI is InChI=1S/C30H33Cl2N11O/c31-20-3-1-19(2-4-20)29(44)42-16-23(17-42)40-7-9-41(10-8-40)25-12-18(13-33)11-24(26(25)32)37-30-38-27(36-21-5-6-21)28-35-15-22(14-34)43(28)39-30/h11-12,15,19-21,23H,1-10,16-17H2,(H2,36,37,38,39). The second-order valence-corrected chi connectivity index (χ2v) is 13.2. The summed E-state index contributed by atoms with van der Waals surface area (Å²) in [6, 6.07) is 8.55. The van der Waals surface area contributed by atoms with E-state index in [-0.39, 0.29) is 22.9 Å². The van der Waals surface area contributed by atoms with Gasteiger partial charge in [-0.3, -0.25) is 9.69 Å². The van der Waals surface area contributed by atoms with Crippen molar-refractivity contribution < 1.29 is 4.79 Å². The topological polar surface area (TPSA) is 142 Å². The highest BCUT2D eigenvalue weighted by atomic mass is 35.5. The number of hydrogen-bond donors (Lipinski definition) is 2. The van der Waals surface area contributed by atoms with Gasteiger partial charge in [-0.1, -0.05) is 11.6 Å². The van der Waals surface area contributed by atoms with Crippen LogP contribution in [0.5, 0.6) is 0 Å². The molecular weight excluding hydrogens is 601 g/mol. The summed E-state index contributed by atoms with van der Waals surface area (Å²) >= 11 is 13.2. The number of anilines is 4. The first-order valence-electron chi connectivity index (χ1n) is 15.2. The van der Waals surface area contributed by atoms with E-state index in [1.807, 2.05) is 11.0 Å². The molecule has 0 bridgehead atoms. The number of imidazole rings is 1. The number of benzene rings is 1. The summed E-state index contributed by atoms with van der Waals surface area (Å²) in [5, 5.41) is 31.1. The number of aromatic nitrogens is 4. The summed E-state index contributed by atoms with van der Waals surface area (Å²) in [5.41, 5.74) is 2.51. The van der Waals surface area contributed by atoms with Gasteiger partial charge < -0.3 is 20.4 Å². The van der Waals surface area contributed by atoms with Gasteiger partial charge in [-0.2, -0.15) is 20.0 Å². The molecule has 2 N–H and O–H groups in total. The highest BCUT2D eigenvalue weighted by Gasteiger charge is 2.39. The van der Waals surface area contributed by atoms with Gasteiger partial charge in [0.1, 0.15) is 6.07 Å². The molecule has 1 amide bonds. The maximum absolute atomic E-state index is 12.9. The second kappa shape index (κ2) is 11.9. The van der Waals surface area contributed by atoms with Gasteiger partial charge in [0.05, 0.1) is 34.2 Å². The van der Waals surface area contributed by atoms with E-state index in [1.54, 1.807) is 6.07 Å². The number of nitrogens with one attached hydrogen (secondary N) is 2. The molecule has 7 rings (SSSR count). The van der Waals surface area contributed by atoms with Crippen LogP contribution in [0, 0.1) is 28.6 Å². The molecule has 0 radical (unpaired) electrons. The van der Waals surface area contributed by atoms with E-state index in [2.05, 4.69) is 47.6 Å². The number of likely N-dealkylation sites (tertiary alicyclic amines) is 1. The van der Waals surface area contributed by atoms with Gasteiger partial charge in [-0.25, -0.2) is 4.98 Å². The zero-order valence-electron chi connectivity index (χ0n) is 24.2. The van der Waals surface area contributed by atoms with Gasteiger partial charge in [0, 0.05) is 62.6 Å². The lowest BCUT2D eigenvalue weighted by Gasteiger charge is -2.49. The molecule has 2 saturated carbocycles. The number of piperazine rings is 1. The number of hydrogen-bond acceptors (Lipinski definition) is 10. The Morgan fingerprint density at radius 1 is 1.00 bits per heavy atom. The van der Waals surface area contributed by atoms with E-state index in [4.69, 9.17) is 23.2 Å². The van der Waals surface area contributed by atoms with Crippen molar-refractivity contribution in [2.75, 3.05) is 54.8 Å². The molecule has 228 valence electrons. The fraction of sp³-hybridized carbons (Fsp3) is 0.533. The monoisotopic (exact) mass is 633 g/mol. The Hall–Kier alpha value is -3.84. The van der Waals surface area contributed by atoms with Gasteiger partial charge in [-0.15, -0.1) is 16.7 Å². The van der Waals surface area contributed by atoms with Crippen molar-refractivity contribution in [2.45, 2.75) is 56.0 Å². The summed E-state index contributed by atoms with van der Waals surface area (Å²) < 4.78 is 1.46. The average Bonchev–Trinajstić information content (AvgIpc) is 3.73. The van der Waals surface area contributed by atoms with Crippen molar-refractivity contribution in [1.29, 1.82) is 10.5 Å². The minimum Gasteiger partial charge on any atom is -0.368 e. The van der Waals surface area contributed by atoms with Crippen molar-refractivity contribution in [1.82, 2.24) is 29.4 Å². The molecule has 4 fully saturated rings. The molecule has 0 spiro atoms. The normalized spacial score (nSPS) is 22.7. The Morgan fingerprint density at radius 2 is 1.75 bits per heavy atom. The number of rotatable bonds is 7. The predicted octanol–water partition coefficient (Wildman–Crippen LogP) is 3.97. The molecule has 2 aliphatic carbocycles. The second-order valence-electron chi connectivity index (χ2n) is 12.2. The molecule has 14 heteroatoms. The molecule has 4 aliphatic rings. The zero-order valence-corrected chi connectivity index (χ0v) is 25.7. The van der Waals surface area contributed by atoms with Crippen LogP contribution < -0.4 is 15.5 Å². The molecular formula is C30H33Cl2N11O. The van der Waals surface area contributed by atoms with Crippen LogP contribution in [0.15, 0.2) is 18.3 Å². The quantitative estimate of drug-likeness (QED) is 0.367. The van der Waals surface area contributed by atoms with Gasteiger partial charge in [-0.05, 0) is 50.7 Å². The Labute approximate surface area is 265 Å². The lowest BCUT2D eigenvalue weighted by Crippen LogP contribution is -2.65. The fourth-order valence-electron chi connectivity index (χ4n) is 6.40. The highest BCUT2D eigenvalue weighted by Crippen LogP contribution is 2.37. The molecule has 44 heavy (non-hydrogen) atoms. The van der Waals surface area contributed by atoms with Crippen LogP contribution in [-0.4, -0.2) is 92.0 Å². The summed E-state index contributed by atoms with van der Waals surface area (Å²) in [4.78, 5) is 28.6. The number of nitrogens with zero attached hydrogens (tertiary/aromatic N) is 9. The zero-order chi connectivity index (χ0) is 30.4. The maximum Gasteiger partial charge on any atom is 0.247 e. The third kappa shape index (κ3) is 5.70. The summed E-state index contributed by atoms with van der Waals surface area (Å²) in [7, 11) is 0. The van der Waals surface area contributed by atoms with Crippen LogP contribution in [0.4, 0.5) is 23.1 Å². The number of carbonyl (C=O) groups is 1. The van der Waals surface area contributed by atoms with Crippen LogP contribution in [0.25, 0.3) is 5.65 Å². The third-order valence-corrected chi connectivity index (χ3v) is 10.0. The van der Waals surface area contributed by atoms with Crippen LogP contribution in [0.1, 0.15) is 49.8 Å². The Kier molecular flexibility index (Phi) is 7.83. The number of halogens is 2. The highest BCUT2D eigenvalue weighted by molar-refractivity contribution is 6.36. The van der Waals surface area contributed by atoms with Crippen LogP contribution in [-0.2, 0) is 4.79 Å². The molecule has 1 aromatic carbocycles. The first kappa shape index (κ1) is 28.9. The van der Waals surface area contributed by atoms with Crippen LogP contribution in [0.2, 0.25) is 5.02 Å². The van der Waals surface area contributed by atoms with Crippen LogP contribution in [0.3, 0.4) is 0 Å². The Balaban J connectivity index is 1.03. The van der Waals surface area contributed by atoms with Crippen molar-refractivity contribution in [3.05, 3.63) is 34.6 Å². The number of alkyl halides is 1. The molecule has 12 nitrogen and oxygen atoms in total. The molecule has 2 aliphatic heterocycles. The van der Waals surface area contributed by atoms with E-state index >= 15 is 0 Å². The molecule has 3 aromatic rings. The van der Waals surface area contributed by atoms with E-state index in [0.717, 1.165) is 83.5 Å². The Morgan fingerprint density at radius 3 is 2.43 bits per heavy atom. The van der Waals surface area contributed by atoms with Crippen molar-refractivity contribution in [3.8, 4) is 12.1 Å². The van der Waals surface area contributed by atoms with E-state index in [0.29, 0.717) is 45.7 Å². The molecule has 0 unspecified atom stereocenters. The number of carbonyl (C=O) groups excluding carboxylic acids is 1. The molecule has 2 aromatic heterocycles. The largest absolute Gasteiger partial charge is 0.368 e.